The van der Waals surface area contributed by atoms with Crippen LogP contribution in [-0.4, -0.2) is 24.7 Å². The number of benzene rings is 1. The second kappa shape index (κ2) is 7.09. The van der Waals surface area contributed by atoms with Gasteiger partial charge in [0.2, 0.25) is 0 Å². The summed E-state index contributed by atoms with van der Waals surface area (Å²) in [5.41, 5.74) is -0.117. The standard InChI is InChI=1S/C11H14ClNO4/c1-2-16-6-3-7-17-9-4-5-11(13(14)15)10(12)8-9/h4-5,8H,2-3,6-7H2,1H3. The lowest BCUT2D eigenvalue weighted by Crippen LogP contribution is -2.03. The molecule has 0 amide bonds. The van der Waals surface area contributed by atoms with Crippen molar-refractivity contribution in [3.05, 3.63) is 33.3 Å². The average Bonchev–Trinajstić information content (AvgIpc) is 2.28. The number of rotatable bonds is 7. The normalized spacial score (nSPS) is 10.2. The Morgan fingerprint density at radius 2 is 2.18 bits per heavy atom. The fourth-order valence-corrected chi connectivity index (χ4v) is 1.46. The van der Waals surface area contributed by atoms with Crippen LogP contribution in [0.1, 0.15) is 13.3 Å². The van der Waals surface area contributed by atoms with Crippen LogP contribution in [0.3, 0.4) is 0 Å². The molecule has 0 aliphatic rings. The Bertz CT molecular complexity index is 384. The van der Waals surface area contributed by atoms with Crippen molar-refractivity contribution in [1.29, 1.82) is 0 Å². The molecular weight excluding hydrogens is 246 g/mol. The van der Waals surface area contributed by atoms with Crippen molar-refractivity contribution in [2.24, 2.45) is 0 Å². The predicted molar refractivity (Wildman–Crippen MR) is 64.7 cm³/mol. The molecule has 1 rings (SSSR count). The van der Waals surface area contributed by atoms with Gasteiger partial charge in [0.05, 0.1) is 11.5 Å². The maximum atomic E-state index is 10.5. The van der Waals surface area contributed by atoms with Gasteiger partial charge in [-0.15, -0.1) is 0 Å². The summed E-state index contributed by atoms with van der Waals surface area (Å²) in [6.07, 6.45) is 0.766. The summed E-state index contributed by atoms with van der Waals surface area (Å²) in [4.78, 5) is 10.0. The molecule has 94 valence electrons. The minimum Gasteiger partial charge on any atom is -0.493 e. The number of ether oxygens (including phenoxy) is 2. The average molecular weight is 260 g/mol. The lowest BCUT2D eigenvalue weighted by Gasteiger charge is -2.06. The van der Waals surface area contributed by atoms with Crippen LogP contribution in [0.2, 0.25) is 5.02 Å². The molecule has 0 atom stereocenters. The largest absolute Gasteiger partial charge is 0.493 e. The van der Waals surface area contributed by atoms with Gasteiger partial charge in [0.1, 0.15) is 10.8 Å². The van der Waals surface area contributed by atoms with Crippen molar-refractivity contribution in [3.63, 3.8) is 0 Å². The molecule has 0 fully saturated rings. The zero-order valence-corrected chi connectivity index (χ0v) is 10.3. The lowest BCUT2D eigenvalue weighted by molar-refractivity contribution is -0.384. The van der Waals surface area contributed by atoms with Gasteiger partial charge in [-0.05, 0) is 13.0 Å². The second-order valence-corrected chi connectivity index (χ2v) is 3.68. The van der Waals surface area contributed by atoms with Crippen molar-refractivity contribution < 1.29 is 14.4 Å². The number of nitrogens with zero attached hydrogens (tertiary/aromatic N) is 1. The van der Waals surface area contributed by atoms with E-state index in [1.165, 1.54) is 18.2 Å². The highest BCUT2D eigenvalue weighted by atomic mass is 35.5. The van der Waals surface area contributed by atoms with Gasteiger partial charge in [-0.25, -0.2) is 0 Å². The molecule has 1 aromatic carbocycles. The molecule has 0 unspecified atom stereocenters. The number of nitro groups is 1. The molecule has 17 heavy (non-hydrogen) atoms. The van der Waals surface area contributed by atoms with E-state index in [-0.39, 0.29) is 10.7 Å². The molecule has 0 bridgehead atoms. The van der Waals surface area contributed by atoms with E-state index in [4.69, 9.17) is 21.1 Å². The van der Waals surface area contributed by atoms with Crippen molar-refractivity contribution in [3.8, 4) is 5.75 Å². The predicted octanol–water partition coefficient (Wildman–Crippen LogP) is 3.05. The highest BCUT2D eigenvalue weighted by Gasteiger charge is 2.12. The summed E-state index contributed by atoms with van der Waals surface area (Å²) in [5.74, 6) is 0.525. The van der Waals surface area contributed by atoms with E-state index >= 15 is 0 Å². The van der Waals surface area contributed by atoms with E-state index in [2.05, 4.69) is 0 Å². The van der Waals surface area contributed by atoms with Gasteiger partial charge in [-0.2, -0.15) is 0 Å². The smallest absolute Gasteiger partial charge is 0.288 e. The van der Waals surface area contributed by atoms with Crippen LogP contribution in [-0.2, 0) is 4.74 Å². The number of nitro benzene ring substituents is 1. The molecule has 0 aliphatic carbocycles. The molecule has 0 aliphatic heterocycles. The van der Waals surface area contributed by atoms with Crippen molar-refractivity contribution in [2.45, 2.75) is 13.3 Å². The van der Waals surface area contributed by atoms with Crippen LogP contribution in [0.15, 0.2) is 18.2 Å². The third-order valence-corrected chi connectivity index (χ3v) is 2.32. The van der Waals surface area contributed by atoms with Gasteiger partial charge in [0.25, 0.3) is 5.69 Å². The Morgan fingerprint density at radius 1 is 1.41 bits per heavy atom. The molecule has 5 nitrogen and oxygen atoms in total. The van der Waals surface area contributed by atoms with Crippen LogP contribution >= 0.6 is 11.6 Å². The fourth-order valence-electron chi connectivity index (χ4n) is 1.22. The minimum absolute atomic E-state index is 0.0808. The highest BCUT2D eigenvalue weighted by Crippen LogP contribution is 2.28. The first-order valence-electron chi connectivity index (χ1n) is 5.29. The van der Waals surface area contributed by atoms with Crippen LogP contribution in [0, 0.1) is 10.1 Å². The van der Waals surface area contributed by atoms with E-state index in [1.54, 1.807) is 0 Å². The Kier molecular flexibility index (Phi) is 5.72. The first-order chi connectivity index (χ1) is 8.15. The Labute approximate surface area is 104 Å². The van der Waals surface area contributed by atoms with Gasteiger partial charge in [0, 0.05) is 31.8 Å². The van der Waals surface area contributed by atoms with Crippen LogP contribution in [0.5, 0.6) is 5.75 Å². The Hall–Kier alpha value is -1.33. The van der Waals surface area contributed by atoms with Gasteiger partial charge < -0.3 is 9.47 Å². The highest BCUT2D eigenvalue weighted by molar-refractivity contribution is 6.32. The maximum absolute atomic E-state index is 10.5. The molecule has 0 heterocycles. The number of hydrogen-bond acceptors (Lipinski definition) is 4. The van der Waals surface area contributed by atoms with Crippen LogP contribution < -0.4 is 4.74 Å². The molecule has 0 spiro atoms. The third kappa shape index (κ3) is 4.58. The van der Waals surface area contributed by atoms with Gasteiger partial charge >= 0.3 is 0 Å². The van der Waals surface area contributed by atoms with E-state index in [9.17, 15) is 10.1 Å². The molecule has 0 aromatic heterocycles. The number of hydrogen-bond donors (Lipinski definition) is 0. The first-order valence-corrected chi connectivity index (χ1v) is 5.67. The summed E-state index contributed by atoms with van der Waals surface area (Å²) in [6.45, 7) is 3.74. The molecule has 6 heteroatoms. The topological polar surface area (TPSA) is 61.6 Å². The Morgan fingerprint density at radius 3 is 2.76 bits per heavy atom. The maximum Gasteiger partial charge on any atom is 0.288 e. The fraction of sp³-hybridized carbons (Fsp3) is 0.455. The van der Waals surface area contributed by atoms with Crippen molar-refractivity contribution in [2.75, 3.05) is 19.8 Å². The van der Waals surface area contributed by atoms with Gasteiger partial charge in [-0.1, -0.05) is 11.6 Å². The zero-order chi connectivity index (χ0) is 12.7. The first kappa shape index (κ1) is 13.7. The minimum atomic E-state index is -0.527. The van der Waals surface area contributed by atoms with Gasteiger partial charge in [-0.3, -0.25) is 10.1 Å². The molecule has 1 aromatic rings. The van der Waals surface area contributed by atoms with Gasteiger partial charge in [0.15, 0.2) is 0 Å². The molecular formula is C11H14ClNO4. The monoisotopic (exact) mass is 259 g/mol. The summed E-state index contributed by atoms with van der Waals surface area (Å²) in [5, 5.41) is 10.6. The quantitative estimate of drug-likeness (QED) is 0.429. The zero-order valence-electron chi connectivity index (χ0n) is 9.52. The third-order valence-electron chi connectivity index (χ3n) is 2.02. The Balaban J connectivity index is 2.45. The van der Waals surface area contributed by atoms with Crippen LogP contribution in [0.25, 0.3) is 0 Å². The summed E-state index contributed by atoms with van der Waals surface area (Å²) < 4.78 is 10.5. The SMILES string of the molecule is CCOCCCOc1ccc([N+](=O)[O-])c(Cl)c1. The molecule has 0 saturated carbocycles. The molecule has 0 saturated heterocycles. The summed E-state index contributed by atoms with van der Waals surface area (Å²) in [7, 11) is 0. The van der Waals surface area contributed by atoms with E-state index in [0.29, 0.717) is 25.6 Å². The van der Waals surface area contributed by atoms with E-state index in [0.717, 1.165) is 6.42 Å². The number of halogens is 1. The van der Waals surface area contributed by atoms with E-state index in [1.807, 2.05) is 6.92 Å². The lowest BCUT2D eigenvalue weighted by atomic mass is 10.3. The summed E-state index contributed by atoms with van der Waals surface area (Å²) >= 11 is 5.74. The van der Waals surface area contributed by atoms with Crippen molar-refractivity contribution in [1.82, 2.24) is 0 Å². The molecule has 0 radical (unpaired) electrons. The van der Waals surface area contributed by atoms with Crippen molar-refractivity contribution >= 4 is 17.3 Å². The summed E-state index contributed by atoms with van der Waals surface area (Å²) in [6, 6.07) is 4.31. The molecule has 0 N–H and O–H groups in total. The van der Waals surface area contributed by atoms with E-state index < -0.39 is 4.92 Å². The second-order valence-electron chi connectivity index (χ2n) is 3.27. The van der Waals surface area contributed by atoms with Crippen LogP contribution in [0.4, 0.5) is 5.69 Å².